The average molecular weight is 291 g/mol. The number of furan rings is 1. The lowest BCUT2D eigenvalue weighted by Crippen LogP contribution is -2.41. The molecule has 0 N–H and O–H groups in total. The molecule has 1 aliphatic heterocycles. The number of amides is 1. The van der Waals surface area contributed by atoms with Crippen LogP contribution >= 0.6 is 0 Å². The molecule has 0 bridgehead atoms. The van der Waals surface area contributed by atoms with E-state index >= 15 is 0 Å². The van der Waals surface area contributed by atoms with E-state index in [-0.39, 0.29) is 12.0 Å². The van der Waals surface area contributed by atoms with Crippen LogP contribution in [0.2, 0.25) is 0 Å². The normalized spacial score (nSPS) is 23.3. The SMILES string of the molecule is O=C(C1CCCO1)N(Cc1ccco1)CC1CCCCC1. The first-order chi connectivity index (χ1) is 10.3. The van der Waals surface area contributed by atoms with E-state index < -0.39 is 0 Å². The summed E-state index contributed by atoms with van der Waals surface area (Å²) in [6, 6.07) is 3.82. The highest BCUT2D eigenvalue weighted by atomic mass is 16.5. The summed E-state index contributed by atoms with van der Waals surface area (Å²) in [6.45, 7) is 2.13. The fourth-order valence-electron chi connectivity index (χ4n) is 3.48. The van der Waals surface area contributed by atoms with Gasteiger partial charge in [-0.05, 0) is 43.7 Å². The van der Waals surface area contributed by atoms with Crippen molar-refractivity contribution in [2.24, 2.45) is 5.92 Å². The molecule has 1 aromatic rings. The first-order valence-electron chi connectivity index (χ1n) is 8.25. The maximum atomic E-state index is 12.7. The summed E-state index contributed by atoms with van der Waals surface area (Å²) < 4.78 is 11.0. The first kappa shape index (κ1) is 14.6. The molecule has 1 saturated heterocycles. The van der Waals surface area contributed by atoms with Crippen LogP contribution in [0.4, 0.5) is 0 Å². The van der Waals surface area contributed by atoms with E-state index in [0.29, 0.717) is 19.1 Å². The van der Waals surface area contributed by atoms with Crippen molar-refractivity contribution in [2.45, 2.75) is 57.6 Å². The van der Waals surface area contributed by atoms with E-state index in [0.717, 1.165) is 25.1 Å². The molecular weight excluding hydrogens is 266 g/mol. The van der Waals surface area contributed by atoms with Crippen molar-refractivity contribution in [3.8, 4) is 0 Å². The third-order valence-corrected chi connectivity index (χ3v) is 4.65. The van der Waals surface area contributed by atoms with E-state index in [2.05, 4.69) is 0 Å². The molecule has 0 radical (unpaired) electrons. The Bertz CT molecular complexity index is 431. The average Bonchev–Trinajstić information content (AvgIpc) is 3.20. The Morgan fingerprint density at radius 2 is 2.05 bits per heavy atom. The highest BCUT2D eigenvalue weighted by Crippen LogP contribution is 2.26. The summed E-state index contributed by atoms with van der Waals surface area (Å²) >= 11 is 0. The van der Waals surface area contributed by atoms with E-state index in [1.165, 1.54) is 32.1 Å². The van der Waals surface area contributed by atoms with Gasteiger partial charge in [-0.25, -0.2) is 0 Å². The first-order valence-corrected chi connectivity index (χ1v) is 8.25. The Kier molecular flexibility index (Phi) is 4.96. The highest BCUT2D eigenvalue weighted by Gasteiger charge is 2.30. The van der Waals surface area contributed by atoms with Gasteiger partial charge in [-0.3, -0.25) is 4.79 Å². The van der Waals surface area contributed by atoms with Gasteiger partial charge in [-0.1, -0.05) is 19.3 Å². The quantitative estimate of drug-likeness (QED) is 0.835. The molecule has 1 unspecified atom stereocenters. The molecule has 1 amide bonds. The lowest BCUT2D eigenvalue weighted by molar-refractivity contribution is -0.142. The lowest BCUT2D eigenvalue weighted by Gasteiger charge is -2.30. The molecule has 1 aromatic heterocycles. The molecule has 3 rings (SSSR count). The van der Waals surface area contributed by atoms with Crippen LogP contribution in [0.15, 0.2) is 22.8 Å². The number of hydrogen-bond acceptors (Lipinski definition) is 3. The Morgan fingerprint density at radius 1 is 1.19 bits per heavy atom. The number of carbonyl (C=O) groups is 1. The topological polar surface area (TPSA) is 42.7 Å². The number of hydrogen-bond donors (Lipinski definition) is 0. The van der Waals surface area contributed by atoms with Crippen LogP contribution in [0, 0.1) is 5.92 Å². The van der Waals surface area contributed by atoms with Crippen molar-refractivity contribution in [3.05, 3.63) is 24.2 Å². The van der Waals surface area contributed by atoms with Crippen LogP contribution in [0.25, 0.3) is 0 Å². The Labute approximate surface area is 126 Å². The summed E-state index contributed by atoms with van der Waals surface area (Å²) in [6.07, 6.45) is 9.72. The van der Waals surface area contributed by atoms with Gasteiger partial charge in [0.1, 0.15) is 11.9 Å². The summed E-state index contributed by atoms with van der Waals surface area (Å²) in [5.74, 6) is 1.64. The Hall–Kier alpha value is -1.29. The third-order valence-electron chi connectivity index (χ3n) is 4.65. The Balaban J connectivity index is 1.65. The van der Waals surface area contributed by atoms with Crippen molar-refractivity contribution in [1.29, 1.82) is 0 Å². The zero-order valence-electron chi connectivity index (χ0n) is 12.6. The lowest BCUT2D eigenvalue weighted by atomic mass is 9.89. The smallest absolute Gasteiger partial charge is 0.252 e. The largest absolute Gasteiger partial charge is 0.467 e. The summed E-state index contributed by atoms with van der Waals surface area (Å²) in [5, 5.41) is 0. The van der Waals surface area contributed by atoms with E-state index in [4.69, 9.17) is 9.15 Å². The molecule has 2 aliphatic rings. The molecule has 2 heterocycles. The van der Waals surface area contributed by atoms with E-state index in [9.17, 15) is 4.79 Å². The monoisotopic (exact) mass is 291 g/mol. The molecule has 4 heteroatoms. The van der Waals surface area contributed by atoms with Crippen LogP contribution in [0.5, 0.6) is 0 Å². The van der Waals surface area contributed by atoms with E-state index in [1.807, 2.05) is 17.0 Å². The van der Waals surface area contributed by atoms with Crippen LogP contribution in [-0.4, -0.2) is 30.1 Å². The van der Waals surface area contributed by atoms with Gasteiger partial charge >= 0.3 is 0 Å². The third kappa shape index (κ3) is 3.88. The standard InChI is InChI=1S/C17H25NO3/c19-17(16-9-5-11-21-16)18(13-15-8-4-10-20-15)12-14-6-2-1-3-7-14/h4,8,10,14,16H,1-3,5-7,9,11-13H2. The van der Waals surface area contributed by atoms with Gasteiger partial charge in [0, 0.05) is 13.2 Å². The minimum atomic E-state index is -0.233. The molecule has 0 aromatic carbocycles. The zero-order valence-corrected chi connectivity index (χ0v) is 12.6. The van der Waals surface area contributed by atoms with Gasteiger partial charge < -0.3 is 14.1 Å². The molecule has 21 heavy (non-hydrogen) atoms. The summed E-state index contributed by atoms with van der Waals surface area (Å²) in [4.78, 5) is 14.7. The molecular formula is C17H25NO3. The van der Waals surface area contributed by atoms with Crippen molar-refractivity contribution >= 4 is 5.91 Å². The molecule has 1 atom stereocenters. The van der Waals surface area contributed by atoms with Crippen LogP contribution in [0.3, 0.4) is 0 Å². The van der Waals surface area contributed by atoms with Crippen molar-refractivity contribution in [3.63, 3.8) is 0 Å². The van der Waals surface area contributed by atoms with Gasteiger partial charge in [0.25, 0.3) is 5.91 Å². The maximum absolute atomic E-state index is 12.7. The second-order valence-electron chi connectivity index (χ2n) is 6.30. The molecule has 0 spiro atoms. The number of carbonyl (C=O) groups excluding carboxylic acids is 1. The van der Waals surface area contributed by atoms with Gasteiger partial charge in [0.15, 0.2) is 0 Å². The van der Waals surface area contributed by atoms with Crippen molar-refractivity contribution in [1.82, 2.24) is 4.90 Å². The van der Waals surface area contributed by atoms with Gasteiger partial charge in [0.2, 0.25) is 0 Å². The Morgan fingerprint density at radius 3 is 2.71 bits per heavy atom. The fraction of sp³-hybridized carbons (Fsp3) is 0.706. The van der Waals surface area contributed by atoms with Crippen LogP contribution < -0.4 is 0 Å². The van der Waals surface area contributed by atoms with Gasteiger partial charge in [-0.2, -0.15) is 0 Å². The van der Waals surface area contributed by atoms with Gasteiger partial charge in [0.05, 0.1) is 12.8 Å². The molecule has 4 nitrogen and oxygen atoms in total. The molecule has 1 saturated carbocycles. The predicted octanol–water partition coefficient (Wildman–Crippen LogP) is 3.37. The highest BCUT2D eigenvalue weighted by molar-refractivity contribution is 5.81. The number of rotatable bonds is 5. The minimum absolute atomic E-state index is 0.148. The summed E-state index contributed by atoms with van der Waals surface area (Å²) in [5.41, 5.74) is 0. The second-order valence-corrected chi connectivity index (χ2v) is 6.30. The zero-order chi connectivity index (χ0) is 14.5. The number of ether oxygens (including phenoxy) is 1. The summed E-state index contributed by atoms with van der Waals surface area (Å²) in [7, 11) is 0. The van der Waals surface area contributed by atoms with Gasteiger partial charge in [-0.15, -0.1) is 0 Å². The van der Waals surface area contributed by atoms with Crippen LogP contribution in [-0.2, 0) is 16.1 Å². The minimum Gasteiger partial charge on any atom is -0.467 e. The van der Waals surface area contributed by atoms with Crippen molar-refractivity contribution in [2.75, 3.05) is 13.2 Å². The molecule has 2 fully saturated rings. The molecule has 116 valence electrons. The van der Waals surface area contributed by atoms with E-state index in [1.54, 1.807) is 6.26 Å². The fourth-order valence-corrected chi connectivity index (χ4v) is 3.48. The predicted molar refractivity (Wildman–Crippen MR) is 79.7 cm³/mol. The van der Waals surface area contributed by atoms with Crippen LogP contribution in [0.1, 0.15) is 50.7 Å². The maximum Gasteiger partial charge on any atom is 0.252 e. The second kappa shape index (κ2) is 7.12. The molecule has 1 aliphatic carbocycles. The number of nitrogens with zero attached hydrogens (tertiary/aromatic N) is 1. The van der Waals surface area contributed by atoms with Crippen molar-refractivity contribution < 1.29 is 13.9 Å².